The zero-order valence-electron chi connectivity index (χ0n) is 10.1. The van der Waals surface area contributed by atoms with Crippen LogP contribution >= 0.6 is 0 Å². The van der Waals surface area contributed by atoms with Gasteiger partial charge >= 0.3 is 0 Å². The number of rotatable bonds is 2. The van der Waals surface area contributed by atoms with Crippen molar-refractivity contribution in [2.24, 2.45) is 11.8 Å². The molecule has 0 aromatic heterocycles. The van der Waals surface area contributed by atoms with Crippen LogP contribution in [0.25, 0.3) is 0 Å². The fourth-order valence-electron chi connectivity index (χ4n) is 2.89. The van der Waals surface area contributed by atoms with E-state index in [0.29, 0.717) is 12.0 Å². The summed E-state index contributed by atoms with van der Waals surface area (Å²) in [4.78, 5) is 0. The van der Waals surface area contributed by atoms with E-state index in [1.54, 1.807) is 0 Å². The fourth-order valence-corrected chi connectivity index (χ4v) is 2.89. The average Bonchev–Trinajstić information content (AvgIpc) is 2.34. The molecule has 2 rings (SSSR count). The van der Waals surface area contributed by atoms with Crippen LogP contribution in [0.3, 0.4) is 0 Å². The molecule has 17 heavy (non-hydrogen) atoms. The van der Waals surface area contributed by atoms with Crippen molar-refractivity contribution in [2.75, 3.05) is 6.61 Å². The maximum atomic E-state index is 14.3. The summed E-state index contributed by atoms with van der Waals surface area (Å²) in [6, 6.07) is 9.62. The van der Waals surface area contributed by atoms with Crippen molar-refractivity contribution in [1.82, 2.24) is 0 Å². The molecule has 0 spiro atoms. The van der Waals surface area contributed by atoms with Crippen molar-refractivity contribution in [1.29, 1.82) is 0 Å². The van der Waals surface area contributed by atoms with Crippen LogP contribution in [0.15, 0.2) is 42.5 Å². The van der Waals surface area contributed by atoms with Gasteiger partial charge in [0.2, 0.25) is 0 Å². The maximum absolute atomic E-state index is 14.3. The Bertz CT molecular complexity index is 387. The summed E-state index contributed by atoms with van der Waals surface area (Å²) < 4.78 is 14.3. The SMILES string of the molecule is C=C1CC(C)C(CO)C(c2ccccc2)C1F. The second kappa shape index (κ2) is 5.01. The molecule has 0 aliphatic heterocycles. The van der Waals surface area contributed by atoms with E-state index in [4.69, 9.17) is 0 Å². The van der Waals surface area contributed by atoms with Gasteiger partial charge in [-0.15, -0.1) is 0 Å². The van der Waals surface area contributed by atoms with Crippen LogP contribution in [0, 0.1) is 11.8 Å². The zero-order chi connectivity index (χ0) is 12.4. The second-order valence-corrected chi connectivity index (χ2v) is 5.02. The summed E-state index contributed by atoms with van der Waals surface area (Å²) in [5, 5.41) is 9.50. The molecular formula is C15H19FO. The molecular weight excluding hydrogens is 215 g/mol. The highest BCUT2D eigenvalue weighted by atomic mass is 19.1. The van der Waals surface area contributed by atoms with Crippen molar-refractivity contribution in [2.45, 2.75) is 25.4 Å². The number of alkyl halides is 1. The van der Waals surface area contributed by atoms with E-state index in [1.807, 2.05) is 30.3 Å². The summed E-state index contributed by atoms with van der Waals surface area (Å²) >= 11 is 0. The highest BCUT2D eigenvalue weighted by Crippen LogP contribution is 2.44. The molecule has 1 aromatic carbocycles. The molecule has 4 unspecified atom stereocenters. The molecule has 0 saturated heterocycles. The number of allylic oxidation sites excluding steroid dienone is 1. The number of benzene rings is 1. The van der Waals surface area contributed by atoms with E-state index in [9.17, 15) is 9.50 Å². The van der Waals surface area contributed by atoms with Gasteiger partial charge < -0.3 is 5.11 Å². The van der Waals surface area contributed by atoms with Gasteiger partial charge in [-0.2, -0.15) is 0 Å². The molecule has 0 bridgehead atoms. The Hall–Kier alpha value is -1.15. The number of hydrogen-bond acceptors (Lipinski definition) is 1. The third-order valence-corrected chi connectivity index (χ3v) is 3.88. The van der Waals surface area contributed by atoms with Gasteiger partial charge in [-0.1, -0.05) is 43.8 Å². The Morgan fingerprint density at radius 2 is 2.00 bits per heavy atom. The fraction of sp³-hybridized carbons (Fsp3) is 0.467. The van der Waals surface area contributed by atoms with Gasteiger partial charge in [0.15, 0.2) is 0 Å². The Labute approximate surface area is 102 Å². The van der Waals surface area contributed by atoms with E-state index in [1.165, 1.54) is 0 Å². The molecule has 4 atom stereocenters. The van der Waals surface area contributed by atoms with Gasteiger partial charge in [0.05, 0.1) is 0 Å². The van der Waals surface area contributed by atoms with Gasteiger partial charge in [-0.25, -0.2) is 4.39 Å². The van der Waals surface area contributed by atoms with Crippen LogP contribution in [0.1, 0.15) is 24.8 Å². The smallest absolute Gasteiger partial charge is 0.128 e. The van der Waals surface area contributed by atoms with Crippen molar-refractivity contribution >= 4 is 0 Å². The summed E-state index contributed by atoms with van der Waals surface area (Å²) in [5.74, 6) is 0.0139. The highest BCUT2D eigenvalue weighted by Gasteiger charge is 2.40. The number of aliphatic hydroxyl groups is 1. The minimum absolute atomic E-state index is 0.0158. The predicted octanol–water partition coefficient (Wildman–Crippen LogP) is 3.31. The Morgan fingerprint density at radius 1 is 1.35 bits per heavy atom. The van der Waals surface area contributed by atoms with Crippen LogP contribution in [0.4, 0.5) is 4.39 Å². The first kappa shape index (κ1) is 12.3. The Morgan fingerprint density at radius 3 is 2.59 bits per heavy atom. The average molecular weight is 234 g/mol. The minimum Gasteiger partial charge on any atom is -0.396 e. The van der Waals surface area contributed by atoms with Gasteiger partial charge in [-0.05, 0) is 29.4 Å². The normalized spacial score (nSPS) is 33.7. The molecule has 1 fully saturated rings. The quantitative estimate of drug-likeness (QED) is 0.778. The topological polar surface area (TPSA) is 20.2 Å². The molecule has 92 valence electrons. The van der Waals surface area contributed by atoms with Crippen LogP contribution in [0.5, 0.6) is 0 Å². The maximum Gasteiger partial charge on any atom is 0.128 e. The van der Waals surface area contributed by atoms with Crippen molar-refractivity contribution in [3.05, 3.63) is 48.0 Å². The third kappa shape index (κ3) is 2.27. The molecule has 0 amide bonds. The van der Waals surface area contributed by atoms with Gasteiger partial charge in [0.25, 0.3) is 0 Å². The molecule has 1 saturated carbocycles. The molecule has 1 aromatic rings. The monoisotopic (exact) mass is 234 g/mol. The van der Waals surface area contributed by atoms with Crippen molar-refractivity contribution < 1.29 is 9.50 Å². The summed E-state index contributed by atoms with van der Waals surface area (Å²) in [6.45, 7) is 5.93. The molecule has 1 aliphatic rings. The Balaban J connectivity index is 2.36. The number of halogens is 1. The molecule has 0 heterocycles. The zero-order valence-corrected chi connectivity index (χ0v) is 10.1. The van der Waals surface area contributed by atoms with Crippen LogP contribution in [0.2, 0.25) is 0 Å². The lowest BCUT2D eigenvalue weighted by Gasteiger charge is -2.39. The van der Waals surface area contributed by atoms with E-state index >= 15 is 0 Å². The van der Waals surface area contributed by atoms with Gasteiger partial charge in [0.1, 0.15) is 6.17 Å². The first-order valence-electron chi connectivity index (χ1n) is 6.12. The first-order chi connectivity index (χ1) is 8.15. The van der Waals surface area contributed by atoms with Crippen molar-refractivity contribution in [3.63, 3.8) is 0 Å². The highest BCUT2D eigenvalue weighted by molar-refractivity contribution is 5.28. The van der Waals surface area contributed by atoms with E-state index in [0.717, 1.165) is 5.56 Å². The van der Waals surface area contributed by atoms with Crippen LogP contribution in [-0.4, -0.2) is 17.9 Å². The van der Waals surface area contributed by atoms with Crippen LogP contribution < -0.4 is 0 Å². The molecule has 1 aliphatic carbocycles. The Kier molecular flexibility index (Phi) is 3.63. The van der Waals surface area contributed by atoms with Crippen LogP contribution in [-0.2, 0) is 0 Å². The lowest BCUT2D eigenvalue weighted by atomic mass is 9.68. The number of aliphatic hydroxyl groups excluding tert-OH is 1. The van der Waals surface area contributed by atoms with E-state index < -0.39 is 6.17 Å². The lowest BCUT2D eigenvalue weighted by molar-refractivity contribution is 0.0986. The lowest BCUT2D eigenvalue weighted by Crippen LogP contribution is -2.36. The minimum atomic E-state index is -1.04. The largest absolute Gasteiger partial charge is 0.396 e. The summed E-state index contributed by atoms with van der Waals surface area (Å²) in [7, 11) is 0. The second-order valence-electron chi connectivity index (χ2n) is 5.02. The molecule has 2 heteroatoms. The van der Waals surface area contributed by atoms with Gasteiger partial charge in [-0.3, -0.25) is 0 Å². The van der Waals surface area contributed by atoms with E-state index in [-0.39, 0.29) is 24.4 Å². The number of hydrogen-bond donors (Lipinski definition) is 1. The molecule has 1 N–H and O–H groups in total. The molecule has 0 radical (unpaired) electrons. The molecule has 1 nitrogen and oxygen atoms in total. The van der Waals surface area contributed by atoms with Gasteiger partial charge in [0, 0.05) is 12.5 Å². The summed E-state index contributed by atoms with van der Waals surface area (Å²) in [6.07, 6.45) is -0.360. The third-order valence-electron chi connectivity index (χ3n) is 3.88. The van der Waals surface area contributed by atoms with Crippen molar-refractivity contribution in [3.8, 4) is 0 Å². The first-order valence-corrected chi connectivity index (χ1v) is 6.12. The summed E-state index contributed by atoms with van der Waals surface area (Å²) in [5.41, 5.74) is 1.63. The predicted molar refractivity (Wildman–Crippen MR) is 67.6 cm³/mol. The van der Waals surface area contributed by atoms with E-state index in [2.05, 4.69) is 13.5 Å². The standard InChI is InChI=1S/C15H19FO/c1-10-8-11(2)15(16)14(13(10)9-17)12-6-4-3-5-7-12/h3-7,10,13-15,17H,2,8-9H2,1H3.